The summed E-state index contributed by atoms with van der Waals surface area (Å²) in [5, 5.41) is 21.9. The van der Waals surface area contributed by atoms with E-state index < -0.39 is 91.0 Å². The van der Waals surface area contributed by atoms with Crippen LogP contribution in [0.2, 0.25) is 0 Å². The van der Waals surface area contributed by atoms with Gasteiger partial charge in [0.25, 0.3) is 0 Å². The Morgan fingerprint density at radius 1 is 0.980 bits per heavy atom. The van der Waals surface area contributed by atoms with Gasteiger partial charge in [0, 0.05) is 25.1 Å². The summed E-state index contributed by atoms with van der Waals surface area (Å²) in [6.07, 6.45) is -5.52. The van der Waals surface area contributed by atoms with Crippen LogP contribution in [0, 0.1) is 23.7 Å². The lowest BCUT2D eigenvalue weighted by molar-refractivity contribution is -0.285. The highest BCUT2D eigenvalue weighted by atomic mass is 16.8. The van der Waals surface area contributed by atoms with E-state index in [9.17, 15) is 24.6 Å². The minimum atomic E-state index is -1.50. The van der Waals surface area contributed by atoms with Gasteiger partial charge in [-0.3, -0.25) is 9.59 Å². The maximum atomic E-state index is 14.0. The lowest BCUT2D eigenvalue weighted by Gasteiger charge is -2.45. The van der Waals surface area contributed by atoms with Gasteiger partial charge in [-0.1, -0.05) is 20.8 Å². The van der Waals surface area contributed by atoms with Crippen molar-refractivity contribution in [2.45, 2.75) is 135 Å². The van der Waals surface area contributed by atoms with Gasteiger partial charge in [-0.05, 0) is 73.9 Å². The van der Waals surface area contributed by atoms with Crippen molar-refractivity contribution >= 4 is 18.0 Å². The van der Waals surface area contributed by atoms with Crippen LogP contribution >= 0.6 is 0 Å². The number of hydrogen-bond donors (Lipinski definition) is 2. The van der Waals surface area contributed by atoms with Crippen molar-refractivity contribution in [2.75, 3.05) is 47.9 Å². The van der Waals surface area contributed by atoms with Crippen molar-refractivity contribution in [1.29, 1.82) is 0 Å². The summed E-state index contributed by atoms with van der Waals surface area (Å²) in [4.78, 5) is 43.9. The molecule has 3 rings (SSSR count). The Balaban J connectivity index is 2.11. The van der Waals surface area contributed by atoms with Gasteiger partial charge in [-0.15, -0.1) is 0 Å². The Kier molecular flexibility index (Phi) is 15.7. The summed E-state index contributed by atoms with van der Waals surface area (Å²) in [5.41, 5.74) is -1.50. The Morgan fingerprint density at radius 3 is 2.26 bits per heavy atom. The molecule has 0 aliphatic carbocycles. The maximum absolute atomic E-state index is 14.0. The molecule has 290 valence electrons. The van der Waals surface area contributed by atoms with Crippen LogP contribution in [-0.2, 0) is 47.5 Å². The van der Waals surface area contributed by atoms with Gasteiger partial charge < -0.3 is 57.9 Å². The average molecular weight is 719 g/mol. The lowest BCUT2D eigenvalue weighted by Crippen LogP contribution is -2.56. The molecule has 0 aromatic heterocycles. The summed E-state index contributed by atoms with van der Waals surface area (Å²) in [6, 6.07) is -0.727. The fourth-order valence-corrected chi connectivity index (χ4v) is 7.79. The third kappa shape index (κ3) is 9.65. The second-order valence-corrected chi connectivity index (χ2v) is 14.7. The maximum Gasteiger partial charge on any atom is 0.509 e. The van der Waals surface area contributed by atoms with Crippen LogP contribution in [0.3, 0.4) is 0 Å². The largest absolute Gasteiger partial charge is 0.509 e. The lowest BCUT2D eigenvalue weighted by atomic mass is 9.81. The predicted octanol–water partition coefficient (Wildman–Crippen LogP) is 2.53. The number of likely N-dealkylation sites (N-methyl/N-ethyl adjacent to an activating group) is 1. The van der Waals surface area contributed by atoms with Crippen molar-refractivity contribution in [3.05, 3.63) is 0 Å². The minimum Gasteiger partial charge on any atom is -0.458 e. The van der Waals surface area contributed by atoms with E-state index in [1.54, 1.807) is 34.8 Å². The highest BCUT2D eigenvalue weighted by Gasteiger charge is 2.58. The van der Waals surface area contributed by atoms with Crippen molar-refractivity contribution in [1.82, 2.24) is 9.80 Å². The normalized spacial score (nSPS) is 40.8. The molecule has 3 fully saturated rings. The van der Waals surface area contributed by atoms with Gasteiger partial charge in [0.1, 0.15) is 25.7 Å². The number of aliphatic hydroxyl groups is 2. The zero-order valence-corrected chi connectivity index (χ0v) is 31.7. The molecule has 3 saturated heterocycles. The topological polar surface area (TPSA) is 172 Å². The third-order valence-electron chi connectivity index (χ3n) is 10.7. The van der Waals surface area contributed by atoms with E-state index in [1.165, 1.54) is 4.90 Å². The van der Waals surface area contributed by atoms with E-state index in [2.05, 4.69) is 0 Å². The molecule has 50 heavy (non-hydrogen) atoms. The molecule has 0 aromatic carbocycles. The Hall–Kier alpha value is -2.11. The highest BCUT2D eigenvalue weighted by Crippen LogP contribution is 2.40. The molecule has 0 radical (unpaired) electrons. The number of cyclic esters (lactones) is 1. The van der Waals surface area contributed by atoms with E-state index in [1.807, 2.05) is 46.7 Å². The van der Waals surface area contributed by atoms with Gasteiger partial charge in [0.05, 0.1) is 43.4 Å². The van der Waals surface area contributed by atoms with E-state index >= 15 is 0 Å². The summed E-state index contributed by atoms with van der Waals surface area (Å²) in [5.74, 6) is -3.74. The molecule has 0 spiro atoms. The number of aliphatic hydroxyl groups excluding tert-OH is 2. The van der Waals surface area contributed by atoms with Gasteiger partial charge in [0.2, 0.25) is 5.91 Å². The number of hydrogen-bond acceptors (Lipinski definition) is 14. The number of fused-ring (bicyclic) bond motifs is 1. The van der Waals surface area contributed by atoms with E-state index in [4.69, 9.17) is 37.9 Å². The predicted molar refractivity (Wildman–Crippen MR) is 179 cm³/mol. The van der Waals surface area contributed by atoms with Gasteiger partial charge in [-0.2, -0.15) is 0 Å². The first kappa shape index (κ1) is 42.3. The monoisotopic (exact) mass is 718 g/mol. The van der Waals surface area contributed by atoms with Crippen LogP contribution in [0.1, 0.15) is 74.7 Å². The smallest absolute Gasteiger partial charge is 0.458 e. The standard InChI is InChI=1S/C35H62N2O13/c1-12-26-35(8)30(49-34(42)50-35)24(7)31(40)37(17-38)20(3)15-19(2)28(48-33-27(39)25(36(9)10)16-21(4)46-33)22(5)29(23(6)32(41)47-26)45-18-44-14-13-43-11/h19-30,33,38-39H,12-18H2,1-11H3/t19-,20+,21+,22+,23+,24+,25-,26+,27+,28-,29-,30+,33-,35+/m0/s1. The molecule has 15 nitrogen and oxygen atoms in total. The van der Waals surface area contributed by atoms with Crippen molar-refractivity contribution in [2.24, 2.45) is 23.7 Å². The molecule has 14 atom stereocenters. The molecule has 3 heterocycles. The molecule has 0 saturated carbocycles. The fourth-order valence-electron chi connectivity index (χ4n) is 7.79. The Labute approximate surface area is 297 Å². The van der Waals surface area contributed by atoms with E-state index in [0.29, 0.717) is 19.4 Å². The average Bonchev–Trinajstić information content (AvgIpc) is 3.37. The summed E-state index contributed by atoms with van der Waals surface area (Å²) in [6.45, 7) is 14.1. The molecule has 0 unspecified atom stereocenters. The summed E-state index contributed by atoms with van der Waals surface area (Å²) >= 11 is 0. The number of ether oxygens (including phenoxy) is 8. The SMILES string of the molecule is CC[C@H]1OC(=O)[C@H](C)[C@@H](OCOCCOC)[C@H](C)[C@@H](O[C@@H]2O[C@H](C)C[C@H](N(C)C)[C@H]2O)[C@@H](C)C[C@@H](C)N(CO)C(=O)[C@H](C)[C@H]2OC(=O)O[C@@]21C. The van der Waals surface area contributed by atoms with Crippen molar-refractivity contribution in [3.8, 4) is 0 Å². The van der Waals surface area contributed by atoms with Crippen LogP contribution in [0.5, 0.6) is 0 Å². The Morgan fingerprint density at radius 2 is 1.66 bits per heavy atom. The highest BCUT2D eigenvalue weighted by molar-refractivity contribution is 5.80. The minimum absolute atomic E-state index is 0.150. The molecule has 0 aromatic rings. The van der Waals surface area contributed by atoms with Crippen LogP contribution in [-0.4, -0.2) is 147 Å². The number of carbonyl (C=O) groups excluding carboxylic acids is 3. The Bertz CT molecular complexity index is 1110. The van der Waals surface area contributed by atoms with Crippen LogP contribution < -0.4 is 0 Å². The quantitative estimate of drug-likeness (QED) is 0.181. The van der Waals surface area contributed by atoms with Crippen LogP contribution in [0.15, 0.2) is 0 Å². The molecule has 2 N–H and O–H groups in total. The van der Waals surface area contributed by atoms with Gasteiger partial charge in [0.15, 0.2) is 18.0 Å². The summed E-state index contributed by atoms with van der Waals surface area (Å²) < 4.78 is 47.3. The zero-order chi connectivity index (χ0) is 37.5. The van der Waals surface area contributed by atoms with Crippen molar-refractivity contribution in [3.63, 3.8) is 0 Å². The van der Waals surface area contributed by atoms with Gasteiger partial charge >= 0.3 is 12.1 Å². The molecule has 15 heteroatoms. The molecule has 3 aliphatic heterocycles. The number of carbonyl (C=O) groups is 3. The van der Waals surface area contributed by atoms with Crippen LogP contribution in [0.25, 0.3) is 0 Å². The van der Waals surface area contributed by atoms with E-state index in [-0.39, 0.29) is 37.9 Å². The summed E-state index contributed by atoms with van der Waals surface area (Å²) in [7, 11) is 5.35. The van der Waals surface area contributed by atoms with Gasteiger partial charge in [-0.25, -0.2) is 4.79 Å². The second kappa shape index (κ2) is 18.6. The number of methoxy groups -OCH3 is 1. The number of nitrogens with zero attached hydrogens (tertiary/aromatic N) is 2. The first-order valence-electron chi connectivity index (χ1n) is 17.9. The first-order valence-corrected chi connectivity index (χ1v) is 17.9. The number of rotatable bonds is 11. The number of amides is 1. The fraction of sp³-hybridized carbons (Fsp3) is 0.914. The molecule has 1 amide bonds. The first-order chi connectivity index (χ1) is 23.5. The molecular formula is C35H62N2O13. The second-order valence-electron chi connectivity index (χ2n) is 14.7. The third-order valence-corrected chi connectivity index (χ3v) is 10.7. The van der Waals surface area contributed by atoms with Crippen LogP contribution in [0.4, 0.5) is 4.79 Å². The van der Waals surface area contributed by atoms with Crippen molar-refractivity contribution < 1.29 is 62.5 Å². The zero-order valence-electron chi connectivity index (χ0n) is 31.7. The molecule has 3 aliphatic rings. The number of esters is 1. The van der Waals surface area contributed by atoms with E-state index in [0.717, 1.165) is 0 Å². The molecule has 0 bridgehead atoms. The molecular weight excluding hydrogens is 656 g/mol.